The monoisotopic (exact) mass is 346 g/mol. The summed E-state index contributed by atoms with van der Waals surface area (Å²) in [5.74, 6) is 0.816. The summed E-state index contributed by atoms with van der Waals surface area (Å²) in [6.07, 6.45) is 4.36. The third kappa shape index (κ3) is 2.81. The molecule has 3 aromatic rings. The van der Waals surface area contributed by atoms with Crippen molar-refractivity contribution < 1.29 is 4.39 Å². The molecule has 0 atom stereocenters. The van der Waals surface area contributed by atoms with Gasteiger partial charge in [0, 0.05) is 9.77 Å². The second-order valence-electron chi connectivity index (χ2n) is 5.62. The Labute approximate surface area is 141 Å². The number of fused-ring (bicyclic) bond motifs is 3. The summed E-state index contributed by atoms with van der Waals surface area (Å²) in [6.45, 7) is 0. The third-order valence-electron chi connectivity index (χ3n) is 4.08. The highest BCUT2D eigenvalue weighted by Gasteiger charge is 2.19. The van der Waals surface area contributed by atoms with Gasteiger partial charge in [-0.1, -0.05) is 12.1 Å². The van der Waals surface area contributed by atoms with Crippen LogP contribution in [-0.4, -0.2) is 9.97 Å². The predicted molar refractivity (Wildman–Crippen MR) is 92.8 cm³/mol. The van der Waals surface area contributed by atoms with Crippen molar-refractivity contribution in [2.45, 2.75) is 36.3 Å². The standard InChI is InChI=1S/C17H15FN2OS2/c18-11-6-2-4-8-13(11)22-9-14-19-16(21)15-10-5-1-3-7-12(10)23-17(15)20-14/h2,4,6,8H,1,3,5,7,9H2,(H,19,20,21). The second-order valence-corrected chi connectivity index (χ2v) is 7.72. The molecular formula is C17H15FN2OS2. The van der Waals surface area contributed by atoms with Crippen LogP contribution in [0.2, 0.25) is 0 Å². The number of nitrogens with zero attached hydrogens (tertiary/aromatic N) is 1. The Bertz CT molecular complexity index is 932. The van der Waals surface area contributed by atoms with Crippen molar-refractivity contribution in [2.24, 2.45) is 0 Å². The van der Waals surface area contributed by atoms with Gasteiger partial charge in [0.05, 0.1) is 11.1 Å². The molecule has 0 unspecified atom stereocenters. The van der Waals surface area contributed by atoms with Crippen molar-refractivity contribution in [2.75, 3.05) is 0 Å². The highest BCUT2D eigenvalue weighted by atomic mass is 32.2. The predicted octanol–water partition coefficient (Wildman–Crippen LogP) is 4.29. The fraction of sp³-hybridized carbons (Fsp3) is 0.294. The van der Waals surface area contributed by atoms with E-state index in [0.717, 1.165) is 29.5 Å². The van der Waals surface area contributed by atoms with Gasteiger partial charge < -0.3 is 4.98 Å². The number of hydrogen-bond donors (Lipinski definition) is 1. The van der Waals surface area contributed by atoms with Crippen LogP contribution in [0.4, 0.5) is 4.39 Å². The molecule has 0 fully saturated rings. The summed E-state index contributed by atoms with van der Waals surface area (Å²) < 4.78 is 13.7. The van der Waals surface area contributed by atoms with Crippen LogP contribution in [0.1, 0.15) is 29.1 Å². The molecule has 0 saturated heterocycles. The van der Waals surface area contributed by atoms with Crippen LogP contribution in [0, 0.1) is 5.82 Å². The van der Waals surface area contributed by atoms with Gasteiger partial charge >= 0.3 is 0 Å². The van der Waals surface area contributed by atoms with Crippen LogP contribution in [0.5, 0.6) is 0 Å². The van der Waals surface area contributed by atoms with Gasteiger partial charge in [0.15, 0.2) is 0 Å². The summed E-state index contributed by atoms with van der Waals surface area (Å²) in [6, 6.07) is 6.65. The number of aryl methyl sites for hydroxylation is 2. The molecule has 0 amide bonds. The lowest BCUT2D eigenvalue weighted by atomic mass is 9.97. The minimum Gasteiger partial charge on any atom is -0.309 e. The number of hydrogen-bond acceptors (Lipinski definition) is 4. The normalized spacial score (nSPS) is 14.1. The van der Waals surface area contributed by atoms with Crippen LogP contribution in [0.25, 0.3) is 10.2 Å². The molecule has 2 heterocycles. The van der Waals surface area contributed by atoms with E-state index in [0.29, 0.717) is 16.5 Å². The van der Waals surface area contributed by atoms with Crippen molar-refractivity contribution >= 4 is 33.3 Å². The van der Waals surface area contributed by atoms with Crippen molar-refractivity contribution in [1.82, 2.24) is 9.97 Å². The maximum atomic E-state index is 13.7. The SMILES string of the molecule is O=c1[nH]c(CSc2ccccc2F)nc2sc3c(c12)CCCC3. The maximum absolute atomic E-state index is 13.7. The Morgan fingerprint density at radius 3 is 2.96 bits per heavy atom. The fourth-order valence-electron chi connectivity index (χ4n) is 2.98. The van der Waals surface area contributed by atoms with E-state index in [4.69, 9.17) is 0 Å². The fourth-order valence-corrected chi connectivity index (χ4v) is 5.08. The van der Waals surface area contributed by atoms with Crippen molar-refractivity contribution in [3.05, 3.63) is 56.7 Å². The summed E-state index contributed by atoms with van der Waals surface area (Å²) in [5, 5.41) is 0.768. The molecule has 0 aliphatic heterocycles. The van der Waals surface area contributed by atoms with E-state index >= 15 is 0 Å². The topological polar surface area (TPSA) is 45.8 Å². The molecule has 2 aromatic heterocycles. The first-order chi connectivity index (χ1) is 11.2. The smallest absolute Gasteiger partial charge is 0.259 e. The van der Waals surface area contributed by atoms with Gasteiger partial charge in [-0.3, -0.25) is 4.79 Å². The Hall–Kier alpha value is -1.66. The van der Waals surface area contributed by atoms with E-state index in [1.54, 1.807) is 29.5 Å². The summed E-state index contributed by atoms with van der Waals surface area (Å²) in [4.78, 5) is 22.6. The number of halogens is 1. The quantitative estimate of drug-likeness (QED) is 0.720. The van der Waals surface area contributed by atoms with E-state index in [2.05, 4.69) is 9.97 Å². The van der Waals surface area contributed by atoms with Crippen LogP contribution in [0.15, 0.2) is 34.0 Å². The Morgan fingerprint density at radius 1 is 1.26 bits per heavy atom. The molecule has 118 valence electrons. The first-order valence-electron chi connectivity index (χ1n) is 7.63. The van der Waals surface area contributed by atoms with Gasteiger partial charge in [0.2, 0.25) is 0 Å². The van der Waals surface area contributed by atoms with Crippen molar-refractivity contribution in [3.63, 3.8) is 0 Å². The average molecular weight is 346 g/mol. The number of rotatable bonds is 3. The highest BCUT2D eigenvalue weighted by molar-refractivity contribution is 7.98. The average Bonchev–Trinajstić information content (AvgIpc) is 2.93. The minimum atomic E-state index is -0.243. The molecule has 0 bridgehead atoms. The third-order valence-corrected chi connectivity index (χ3v) is 6.32. The molecule has 0 radical (unpaired) electrons. The number of thioether (sulfide) groups is 1. The number of thiophene rings is 1. The zero-order valence-electron chi connectivity index (χ0n) is 12.4. The van der Waals surface area contributed by atoms with Crippen LogP contribution < -0.4 is 5.56 Å². The summed E-state index contributed by atoms with van der Waals surface area (Å²) in [5.41, 5.74) is 1.14. The van der Waals surface area contributed by atoms with E-state index in [1.807, 2.05) is 0 Å². The minimum absolute atomic E-state index is 0.0569. The van der Waals surface area contributed by atoms with Gasteiger partial charge in [0.1, 0.15) is 16.5 Å². The summed E-state index contributed by atoms with van der Waals surface area (Å²) >= 11 is 2.99. The lowest BCUT2D eigenvalue weighted by molar-refractivity contribution is 0.602. The van der Waals surface area contributed by atoms with Crippen molar-refractivity contribution in [3.8, 4) is 0 Å². The van der Waals surface area contributed by atoms with Crippen LogP contribution in [-0.2, 0) is 18.6 Å². The van der Waals surface area contributed by atoms with E-state index in [9.17, 15) is 9.18 Å². The van der Waals surface area contributed by atoms with Crippen molar-refractivity contribution in [1.29, 1.82) is 0 Å². The molecule has 6 heteroatoms. The van der Waals surface area contributed by atoms with Gasteiger partial charge in [-0.05, 0) is 43.4 Å². The van der Waals surface area contributed by atoms with E-state index in [1.165, 1.54) is 34.7 Å². The molecule has 3 nitrogen and oxygen atoms in total. The first-order valence-corrected chi connectivity index (χ1v) is 9.43. The molecule has 0 saturated carbocycles. The first kappa shape index (κ1) is 14.9. The number of H-pyrrole nitrogens is 1. The number of aromatic amines is 1. The zero-order valence-corrected chi connectivity index (χ0v) is 14.0. The molecule has 4 rings (SSSR count). The largest absolute Gasteiger partial charge is 0.309 e. The highest BCUT2D eigenvalue weighted by Crippen LogP contribution is 2.34. The number of benzene rings is 1. The Balaban J connectivity index is 1.66. The number of nitrogens with one attached hydrogen (secondary N) is 1. The molecule has 1 aliphatic carbocycles. The molecular weight excluding hydrogens is 331 g/mol. The van der Waals surface area contributed by atoms with Gasteiger partial charge in [-0.2, -0.15) is 0 Å². The van der Waals surface area contributed by atoms with Crippen LogP contribution in [0.3, 0.4) is 0 Å². The molecule has 0 spiro atoms. The second kappa shape index (κ2) is 6.09. The molecule has 1 N–H and O–H groups in total. The molecule has 1 aliphatic rings. The van der Waals surface area contributed by atoms with E-state index in [-0.39, 0.29) is 11.4 Å². The Morgan fingerprint density at radius 2 is 2.09 bits per heavy atom. The van der Waals surface area contributed by atoms with Gasteiger partial charge in [-0.25, -0.2) is 9.37 Å². The zero-order chi connectivity index (χ0) is 15.8. The molecule has 23 heavy (non-hydrogen) atoms. The maximum Gasteiger partial charge on any atom is 0.259 e. The number of aromatic nitrogens is 2. The lowest BCUT2D eigenvalue weighted by Crippen LogP contribution is -2.12. The van der Waals surface area contributed by atoms with E-state index < -0.39 is 0 Å². The van der Waals surface area contributed by atoms with Crippen LogP contribution >= 0.6 is 23.1 Å². The Kier molecular flexibility index (Phi) is 3.95. The summed E-state index contributed by atoms with van der Waals surface area (Å²) in [7, 11) is 0. The molecule has 1 aromatic carbocycles. The lowest BCUT2D eigenvalue weighted by Gasteiger charge is -2.09. The van der Waals surface area contributed by atoms with Gasteiger partial charge in [-0.15, -0.1) is 23.1 Å². The van der Waals surface area contributed by atoms with Gasteiger partial charge in [0.25, 0.3) is 5.56 Å².